The Hall–Kier alpha value is -0.770. The second kappa shape index (κ2) is 5.95. The average molecular weight is 275 g/mol. The minimum Gasteiger partial charge on any atom is -0.397 e. The van der Waals surface area contributed by atoms with Crippen LogP contribution in [0.4, 0.5) is 15.8 Å². The molecule has 1 rings (SSSR count). The van der Waals surface area contributed by atoms with Gasteiger partial charge in [0, 0.05) is 12.6 Å². The lowest BCUT2D eigenvalue weighted by molar-refractivity contribution is 0.622. The quantitative estimate of drug-likeness (QED) is 0.634. The first-order chi connectivity index (χ1) is 7.15. The standard InChI is InChI=1S/C11H16BrFN2/c1-2-3-4-5-15-11-6-8(12)9(13)7-10(11)14/h6-7,15H,2-5,14H2,1H3. The van der Waals surface area contributed by atoms with Crippen LogP contribution in [0.15, 0.2) is 16.6 Å². The number of anilines is 2. The molecular formula is C11H16BrFN2. The highest BCUT2D eigenvalue weighted by Gasteiger charge is 2.04. The molecular weight excluding hydrogens is 259 g/mol. The van der Waals surface area contributed by atoms with Gasteiger partial charge >= 0.3 is 0 Å². The van der Waals surface area contributed by atoms with Gasteiger partial charge < -0.3 is 11.1 Å². The molecule has 0 spiro atoms. The smallest absolute Gasteiger partial charge is 0.139 e. The molecule has 0 radical (unpaired) electrons. The van der Waals surface area contributed by atoms with E-state index in [4.69, 9.17) is 5.73 Å². The Labute approximate surface area is 98.2 Å². The number of nitrogen functional groups attached to an aromatic ring is 1. The fourth-order valence-electron chi connectivity index (χ4n) is 1.31. The summed E-state index contributed by atoms with van der Waals surface area (Å²) in [5, 5.41) is 3.19. The van der Waals surface area contributed by atoms with Gasteiger partial charge in [0.15, 0.2) is 0 Å². The van der Waals surface area contributed by atoms with E-state index in [9.17, 15) is 4.39 Å². The number of hydrogen-bond donors (Lipinski definition) is 2. The van der Waals surface area contributed by atoms with Gasteiger partial charge in [-0.15, -0.1) is 0 Å². The summed E-state index contributed by atoms with van der Waals surface area (Å²) < 4.78 is 13.5. The van der Waals surface area contributed by atoms with Crippen LogP contribution in [0.3, 0.4) is 0 Å². The molecule has 0 bridgehead atoms. The Kier molecular flexibility index (Phi) is 4.88. The average Bonchev–Trinajstić information content (AvgIpc) is 2.20. The third kappa shape index (κ3) is 3.70. The SMILES string of the molecule is CCCCCNc1cc(Br)c(F)cc1N. The highest BCUT2D eigenvalue weighted by atomic mass is 79.9. The van der Waals surface area contributed by atoms with Gasteiger partial charge in [-0.25, -0.2) is 4.39 Å². The largest absolute Gasteiger partial charge is 0.397 e. The molecule has 0 unspecified atom stereocenters. The fourth-order valence-corrected chi connectivity index (χ4v) is 1.66. The molecule has 0 aliphatic carbocycles. The van der Waals surface area contributed by atoms with Crippen LogP contribution in [0.5, 0.6) is 0 Å². The molecule has 1 aromatic rings. The van der Waals surface area contributed by atoms with E-state index in [1.807, 2.05) is 0 Å². The van der Waals surface area contributed by atoms with Gasteiger partial charge in [0.05, 0.1) is 15.8 Å². The highest BCUT2D eigenvalue weighted by molar-refractivity contribution is 9.10. The van der Waals surface area contributed by atoms with Gasteiger partial charge in [0.2, 0.25) is 0 Å². The summed E-state index contributed by atoms with van der Waals surface area (Å²) in [4.78, 5) is 0. The van der Waals surface area contributed by atoms with Crippen LogP contribution >= 0.6 is 15.9 Å². The lowest BCUT2D eigenvalue weighted by Crippen LogP contribution is -2.04. The first-order valence-electron chi connectivity index (χ1n) is 5.13. The monoisotopic (exact) mass is 274 g/mol. The van der Waals surface area contributed by atoms with Gasteiger partial charge in [0.25, 0.3) is 0 Å². The molecule has 0 fully saturated rings. The summed E-state index contributed by atoms with van der Waals surface area (Å²) in [7, 11) is 0. The molecule has 2 nitrogen and oxygen atoms in total. The van der Waals surface area contributed by atoms with E-state index in [-0.39, 0.29) is 5.82 Å². The fraction of sp³-hybridized carbons (Fsp3) is 0.455. The second-order valence-electron chi connectivity index (χ2n) is 3.49. The van der Waals surface area contributed by atoms with Crippen molar-refractivity contribution in [3.8, 4) is 0 Å². The lowest BCUT2D eigenvalue weighted by atomic mass is 10.2. The van der Waals surface area contributed by atoms with Gasteiger partial charge in [-0.05, 0) is 28.4 Å². The zero-order chi connectivity index (χ0) is 11.3. The van der Waals surface area contributed by atoms with Crippen molar-refractivity contribution in [2.45, 2.75) is 26.2 Å². The molecule has 0 saturated heterocycles. The predicted octanol–water partition coefficient (Wildman–Crippen LogP) is 3.77. The van der Waals surface area contributed by atoms with Crippen molar-refractivity contribution in [1.82, 2.24) is 0 Å². The van der Waals surface area contributed by atoms with Gasteiger partial charge in [-0.3, -0.25) is 0 Å². The maximum absolute atomic E-state index is 13.0. The summed E-state index contributed by atoms with van der Waals surface area (Å²) in [6, 6.07) is 3.00. The van der Waals surface area contributed by atoms with Crippen LogP contribution in [0.25, 0.3) is 0 Å². The summed E-state index contributed by atoms with van der Waals surface area (Å²) in [5.41, 5.74) is 6.92. The first kappa shape index (κ1) is 12.3. The highest BCUT2D eigenvalue weighted by Crippen LogP contribution is 2.26. The van der Waals surface area contributed by atoms with E-state index >= 15 is 0 Å². The van der Waals surface area contributed by atoms with Crippen LogP contribution in [-0.4, -0.2) is 6.54 Å². The minimum atomic E-state index is -0.327. The summed E-state index contributed by atoms with van der Waals surface area (Å²) in [5.74, 6) is -0.327. The first-order valence-corrected chi connectivity index (χ1v) is 5.92. The topological polar surface area (TPSA) is 38.0 Å². The van der Waals surface area contributed by atoms with Gasteiger partial charge in [-0.1, -0.05) is 19.8 Å². The molecule has 0 aliphatic rings. The lowest BCUT2D eigenvalue weighted by Gasteiger charge is -2.09. The molecule has 84 valence electrons. The number of halogens is 2. The molecule has 0 aromatic heterocycles. The van der Waals surface area contributed by atoms with Crippen LogP contribution in [0.2, 0.25) is 0 Å². The minimum absolute atomic E-state index is 0.327. The molecule has 15 heavy (non-hydrogen) atoms. The molecule has 1 aromatic carbocycles. The number of rotatable bonds is 5. The summed E-state index contributed by atoms with van der Waals surface area (Å²) in [6.07, 6.45) is 3.48. The van der Waals surface area contributed by atoms with Gasteiger partial charge in [-0.2, -0.15) is 0 Å². The Morgan fingerprint density at radius 1 is 1.40 bits per heavy atom. The Morgan fingerprint density at radius 2 is 2.13 bits per heavy atom. The molecule has 0 saturated carbocycles. The number of nitrogens with one attached hydrogen (secondary N) is 1. The van der Waals surface area contributed by atoms with Crippen molar-refractivity contribution in [3.63, 3.8) is 0 Å². The van der Waals surface area contributed by atoms with Crippen LogP contribution in [-0.2, 0) is 0 Å². The van der Waals surface area contributed by atoms with Crippen molar-refractivity contribution in [2.75, 3.05) is 17.6 Å². The van der Waals surface area contributed by atoms with E-state index < -0.39 is 0 Å². The van der Waals surface area contributed by atoms with E-state index in [0.717, 1.165) is 18.7 Å². The second-order valence-corrected chi connectivity index (χ2v) is 4.34. The van der Waals surface area contributed by atoms with E-state index in [2.05, 4.69) is 28.2 Å². The van der Waals surface area contributed by atoms with E-state index in [1.54, 1.807) is 6.07 Å². The molecule has 0 heterocycles. The van der Waals surface area contributed by atoms with Crippen molar-refractivity contribution in [3.05, 3.63) is 22.4 Å². The zero-order valence-electron chi connectivity index (χ0n) is 8.82. The third-order valence-electron chi connectivity index (χ3n) is 2.19. The molecule has 4 heteroatoms. The maximum atomic E-state index is 13.0. The Morgan fingerprint density at radius 3 is 2.80 bits per heavy atom. The van der Waals surface area contributed by atoms with Crippen LogP contribution < -0.4 is 11.1 Å². The number of unbranched alkanes of at least 4 members (excludes halogenated alkanes) is 2. The Bertz CT molecular complexity index is 329. The van der Waals surface area contributed by atoms with Crippen molar-refractivity contribution < 1.29 is 4.39 Å². The number of hydrogen-bond acceptors (Lipinski definition) is 2. The van der Waals surface area contributed by atoms with Crippen LogP contribution in [0, 0.1) is 5.82 Å². The van der Waals surface area contributed by atoms with E-state index in [0.29, 0.717) is 10.2 Å². The van der Waals surface area contributed by atoms with Gasteiger partial charge in [0.1, 0.15) is 5.82 Å². The van der Waals surface area contributed by atoms with E-state index in [1.165, 1.54) is 18.9 Å². The third-order valence-corrected chi connectivity index (χ3v) is 2.80. The predicted molar refractivity (Wildman–Crippen MR) is 66.5 cm³/mol. The molecule has 0 atom stereocenters. The zero-order valence-corrected chi connectivity index (χ0v) is 10.4. The normalized spacial score (nSPS) is 10.3. The summed E-state index contributed by atoms with van der Waals surface area (Å²) in [6.45, 7) is 3.03. The maximum Gasteiger partial charge on any atom is 0.139 e. The number of benzene rings is 1. The van der Waals surface area contributed by atoms with Crippen molar-refractivity contribution >= 4 is 27.3 Å². The molecule has 3 N–H and O–H groups in total. The Balaban J connectivity index is 2.57. The van der Waals surface area contributed by atoms with Crippen molar-refractivity contribution in [2.24, 2.45) is 0 Å². The summed E-state index contributed by atoms with van der Waals surface area (Å²) >= 11 is 3.13. The molecule has 0 aliphatic heterocycles. The van der Waals surface area contributed by atoms with Crippen LogP contribution in [0.1, 0.15) is 26.2 Å². The number of nitrogens with two attached hydrogens (primary N) is 1. The van der Waals surface area contributed by atoms with Crippen molar-refractivity contribution in [1.29, 1.82) is 0 Å². The molecule has 0 amide bonds.